The van der Waals surface area contributed by atoms with Crippen molar-refractivity contribution in [3.63, 3.8) is 0 Å². The number of carbonyl (C=O) groups excluding carboxylic acids is 1. The van der Waals surface area contributed by atoms with Crippen LogP contribution in [0.25, 0.3) is 22.2 Å². The highest BCUT2D eigenvalue weighted by Gasteiger charge is 2.17. The number of para-hydroxylation sites is 1. The van der Waals surface area contributed by atoms with Crippen LogP contribution in [0.2, 0.25) is 5.02 Å². The maximum atomic E-state index is 12.1. The maximum Gasteiger partial charge on any atom is 0.409 e. The normalized spacial score (nSPS) is 11.0. The van der Waals surface area contributed by atoms with Crippen molar-refractivity contribution in [3.05, 3.63) is 70.8 Å². The topological polar surface area (TPSA) is 82.4 Å². The van der Waals surface area contributed by atoms with Gasteiger partial charge < -0.3 is 14.4 Å². The smallest absolute Gasteiger partial charge is 0.409 e. The van der Waals surface area contributed by atoms with Gasteiger partial charge in [0.05, 0.1) is 23.9 Å². The number of halogens is 1. The molecule has 34 heavy (non-hydrogen) atoms. The van der Waals surface area contributed by atoms with E-state index in [1.54, 1.807) is 32.6 Å². The van der Waals surface area contributed by atoms with Gasteiger partial charge in [0.15, 0.2) is 0 Å². The Morgan fingerprint density at radius 2 is 2.06 bits per heavy atom. The first-order chi connectivity index (χ1) is 16.4. The summed E-state index contributed by atoms with van der Waals surface area (Å²) in [6, 6.07) is 9.88. The Hall–Kier alpha value is -3.65. The first kappa shape index (κ1) is 23.5. The molecule has 8 nitrogen and oxygen atoms in total. The van der Waals surface area contributed by atoms with E-state index in [2.05, 4.69) is 10.1 Å². The highest BCUT2D eigenvalue weighted by atomic mass is 35.5. The van der Waals surface area contributed by atoms with Gasteiger partial charge in [0.1, 0.15) is 17.9 Å². The molecule has 0 aliphatic rings. The van der Waals surface area contributed by atoms with Crippen molar-refractivity contribution in [2.75, 3.05) is 13.7 Å². The molecule has 3 aromatic heterocycles. The summed E-state index contributed by atoms with van der Waals surface area (Å²) in [5.74, 6) is 0.641. The van der Waals surface area contributed by atoms with Gasteiger partial charge in [0, 0.05) is 54.9 Å². The number of amides is 1. The van der Waals surface area contributed by atoms with Crippen LogP contribution in [-0.4, -0.2) is 44.4 Å². The number of aryl methyl sites for hydroxylation is 2. The molecule has 1 amide bonds. The van der Waals surface area contributed by atoms with E-state index in [1.165, 1.54) is 4.90 Å². The maximum absolute atomic E-state index is 12.1. The summed E-state index contributed by atoms with van der Waals surface area (Å²) < 4.78 is 13.2. The summed E-state index contributed by atoms with van der Waals surface area (Å²) in [5, 5.41) is 5.74. The Bertz CT molecular complexity index is 1340. The molecule has 4 aromatic rings. The molecule has 0 radical (unpaired) electrons. The molecule has 0 aliphatic carbocycles. The lowest BCUT2D eigenvalue weighted by atomic mass is 10.0. The average Bonchev–Trinajstić information content (AvgIpc) is 3.24. The second kappa shape index (κ2) is 10.1. The van der Waals surface area contributed by atoms with Crippen LogP contribution >= 0.6 is 11.6 Å². The molecule has 4 rings (SSSR count). The van der Waals surface area contributed by atoms with Crippen LogP contribution in [0.4, 0.5) is 4.79 Å². The Balaban J connectivity index is 1.66. The zero-order chi connectivity index (χ0) is 24.2. The molecule has 9 heteroatoms. The minimum atomic E-state index is -0.411. The largest absolute Gasteiger partial charge is 0.487 e. The zero-order valence-corrected chi connectivity index (χ0v) is 20.3. The second-order valence-corrected chi connectivity index (χ2v) is 8.31. The first-order valence-electron chi connectivity index (χ1n) is 10.9. The average molecular weight is 480 g/mol. The lowest BCUT2D eigenvalue weighted by molar-refractivity contribution is 0.114. The van der Waals surface area contributed by atoms with Crippen LogP contribution in [-0.2, 0) is 24.9 Å². The molecule has 0 saturated heterocycles. The van der Waals surface area contributed by atoms with Crippen molar-refractivity contribution >= 4 is 28.6 Å². The number of carbonyl (C=O) groups is 1. The lowest BCUT2D eigenvalue weighted by Gasteiger charge is -2.19. The molecule has 176 valence electrons. The van der Waals surface area contributed by atoms with Crippen LogP contribution < -0.4 is 4.74 Å². The summed E-state index contributed by atoms with van der Waals surface area (Å²) in [6.07, 6.45) is 4.62. The number of nitrogens with zero attached hydrogens (tertiary/aromatic N) is 5. The highest BCUT2D eigenvalue weighted by Crippen LogP contribution is 2.33. The molecule has 0 aliphatic heterocycles. The molecule has 0 atom stereocenters. The van der Waals surface area contributed by atoms with Crippen molar-refractivity contribution in [1.29, 1.82) is 0 Å². The number of aromatic nitrogens is 4. The van der Waals surface area contributed by atoms with E-state index in [0.29, 0.717) is 23.9 Å². The second-order valence-electron chi connectivity index (χ2n) is 7.91. The van der Waals surface area contributed by atoms with Crippen molar-refractivity contribution in [2.24, 2.45) is 7.05 Å². The first-order valence-corrected chi connectivity index (χ1v) is 11.3. The fourth-order valence-corrected chi connectivity index (χ4v) is 4.05. The molecule has 0 fully saturated rings. The van der Waals surface area contributed by atoms with Crippen molar-refractivity contribution in [2.45, 2.75) is 27.0 Å². The molecule has 0 N–H and O–H groups in total. The van der Waals surface area contributed by atoms with Gasteiger partial charge in [-0.15, -0.1) is 0 Å². The van der Waals surface area contributed by atoms with E-state index in [4.69, 9.17) is 26.1 Å². The monoisotopic (exact) mass is 479 g/mol. The van der Waals surface area contributed by atoms with Gasteiger partial charge in [-0.05, 0) is 37.6 Å². The molecule has 0 unspecified atom stereocenters. The van der Waals surface area contributed by atoms with Gasteiger partial charge in [0.25, 0.3) is 0 Å². The van der Waals surface area contributed by atoms with Crippen molar-refractivity contribution < 1.29 is 14.3 Å². The van der Waals surface area contributed by atoms with E-state index in [0.717, 1.165) is 39.0 Å². The SMILES string of the molecule is CCOC(=O)N(C)Cc1cncc(Cl)c1COc1cccc2c(-c3ccnn3C)cc(C)nc12. The third kappa shape index (κ3) is 4.82. The number of fused-ring (bicyclic) bond motifs is 1. The number of ether oxygens (including phenoxy) is 2. The van der Waals surface area contributed by atoms with E-state index in [9.17, 15) is 4.79 Å². The third-order valence-corrected chi connectivity index (χ3v) is 5.81. The van der Waals surface area contributed by atoms with Crippen molar-refractivity contribution in [1.82, 2.24) is 24.6 Å². The van der Waals surface area contributed by atoms with Crippen LogP contribution in [0.5, 0.6) is 5.75 Å². The lowest BCUT2D eigenvalue weighted by Crippen LogP contribution is -2.27. The minimum absolute atomic E-state index is 0.198. The quantitative estimate of drug-likeness (QED) is 0.364. The molecule has 0 bridgehead atoms. The molecular weight excluding hydrogens is 454 g/mol. The number of benzene rings is 1. The summed E-state index contributed by atoms with van der Waals surface area (Å²) in [7, 11) is 3.58. The Kier molecular flexibility index (Phi) is 6.98. The predicted molar refractivity (Wildman–Crippen MR) is 131 cm³/mol. The summed E-state index contributed by atoms with van der Waals surface area (Å²) in [4.78, 5) is 22.5. The molecule has 0 spiro atoms. The van der Waals surface area contributed by atoms with Gasteiger partial charge in [0.2, 0.25) is 0 Å². The minimum Gasteiger partial charge on any atom is -0.487 e. The van der Waals surface area contributed by atoms with E-state index < -0.39 is 6.09 Å². The van der Waals surface area contributed by atoms with E-state index >= 15 is 0 Å². The molecule has 1 aromatic carbocycles. The van der Waals surface area contributed by atoms with Gasteiger partial charge in [-0.3, -0.25) is 9.67 Å². The number of rotatable bonds is 7. The summed E-state index contributed by atoms with van der Waals surface area (Å²) in [5.41, 5.74) is 5.20. The third-order valence-electron chi connectivity index (χ3n) is 5.48. The number of hydrogen-bond acceptors (Lipinski definition) is 6. The van der Waals surface area contributed by atoms with Gasteiger partial charge in [-0.2, -0.15) is 5.10 Å². The van der Waals surface area contributed by atoms with Gasteiger partial charge >= 0.3 is 6.09 Å². The van der Waals surface area contributed by atoms with Crippen LogP contribution in [0, 0.1) is 6.92 Å². The van der Waals surface area contributed by atoms with Crippen LogP contribution in [0.3, 0.4) is 0 Å². The van der Waals surface area contributed by atoms with Gasteiger partial charge in [-0.1, -0.05) is 23.7 Å². The number of hydrogen-bond donors (Lipinski definition) is 0. The van der Waals surface area contributed by atoms with E-state index in [-0.39, 0.29) is 6.61 Å². The molecule has 0 saturated carbocycles. The number of pyridine rings is 2. The van der Waals surface area contributed by atoms with Crippen LogP contribution in [0.15, 0.2) is 48.9 Å². The summed E-state index contributed by atoms with van der Waals surface area (Å²) in [6.45, 7) is 4.53. The standard InChI is InChI=1S/C25H26ClN5O3/c1-5-33-25(32)30(3)14-17-12-27-13-21(26)20(17)15-34-23-8-6-7-18-19(11-16(2)29-24(18)23)22-9-10-28-31(22)4/h6-13H,5,14-15H2,1-4H3. The molecule has 3 heterocycles. The van der Waals surface area contributed by atoms with Crippen LogP contribution in [0.1, 0.15) is 23.7 Å². The molecular formula is C25H26ClN5O3. The summed E-state index contributed by atoms with van der Waals surface area (Å²) >= 11 is 6.47. The zero-order valence-electron chi connectivity index (χ0n) is 19.6. The predicted octanol–water partition coefficient (Wildman–Crippen LogP) is 5.16. The fourth-order valence-electron chi connectivity index (χ4n) is 3.82. The Morgan fingerprint density at radius 1 is 1.24 bits per heavy atom. The van der Waals surface area contributed by atoms with E-state index in [1.807, 2.05) is 49.0 Å². The van der Waals surface area contributed by atoms with Crippen molar-refractivity contribution in [3.8, 4) is 17.0 Å². The highest BCUT2D eigenvalue weighted by molar-refractivity contribution is 6.31. The Labute approximate surface area is 203 Å². The van der Waals surface area contributed by atoms with Gasteiger partial charge in [-0.25, -0.2) is 9.78 Å². The fraction of sp³-hybridized carbons (Fsp3) is 0.280. The Morgan fingerprint density at radius 3 is 2.79 bits per heavy atom.